The zero-order chi connectivity index (χ0) is 26.4. The van der Waals surface area contributed by atoms with Crippen LogP contribution in [0.1, 0.15) is 34.3 Å². The van der Waals surface area contributed by atoms with Gasteiger partial charge in [-0.2, -0.15) is 0 Å². The van der Waals surface area contributed by atoms with E-state index >= 15 is 0 Å². The molecule has 0 spiro atoms. The van der Waals surface area contributed by atoms with Crippen molar-refractivity contribution in [3.05, 3.63) is 47.0 Å². The fraction of sp³-hybridized carbons (Fsp3) is 0.500. The van der Waals surface area contributed by atoms with Crippen molar-refractivity contribution in [3.8, 4) is 23.0 Å². The van der Waals surface area contributed by atoms with Crippen molar-refractivity contribution in [2.75, 3.05) is 61.2 Å². The van der Waals surface area contributed by atoms with Gasteiger partial charge in [0, 0.05) is 44.4 Å². The predicted molar refractivity (Wildman–Crippen MR) is 140 cm³/mol. The Kier molecular flexibility index (Phi) is 8.76. The summed E-state index contributed by atoms with van der Waals surface area (Å²) in [5.74, 6) is 2.54. The average Bonchev–Trinajstić information content (AvgIpc) is 2.95. The Bertz CT molecular complexity index is 1100. The van der Waals surface area contributed by atoms with E-state index in [4.69, 9.17) is 18.9 Å². The molecule has 9 nitrogen and oxygen atoms in total. The fourth-order valence-corrected chi connectivity index (χ4v) is 5.16. The molecular formula is C28H37N3O6. The smallest absolute Gasteiger partial charge is 0.251 e. The molecule has 2 amide bonds. The number of piperidine rings is 1. The number of hydrogen-bond acceptors (Lipinski definition) is 7. The Labute approximate surface area is 218 Å². The number of carbonyl (C=O) groups is 2. The topological polar surface area (TPSA) is 89.6 Å². The first-order chi connectivity index (χ1) is 17.9. The lowest BCUT2D eigenvalue weighted by Crippen LogP contribution is -2.47. The SMILES string of the molecule is COc1cc(OC)cc(C(=O)NCCN2CCCC(C(=O)N3CCc4cc(OC)c(OC)cc4C3)C2)c1. The molecule has 37 heavy (non-hydrogen) atoms. The minimum Gasteiger partial charge on any atom is -0.497 e. The van der Waals surface area contributed by atoms with E-state index in [2.05, 4.69) is 10.2 Å². The Morgan fingerprint density at radius 1 is 0.892 bits per heavy atom. The van der Waals surface area contributed by atoms with Crippen LogP contribution in [-0.4, -0.2) is 82.8 Å². The lowest BCUT2D eigenvalue weighted by molar-refractivity contribution is -0.138. The molecule has 2 heterocycles. The summed E-state index contributed by atoms with van der Waals surface area (Å²) in [6, 6.07) is 9.12. The van der Waals surface area contributed by atoms with Crippen molar-refractivity contribution in [3.63, 3.8) is 0 Å². The van der Waals surface area contributed by atoms with Crippen LogP contribution < -0.4 is 24.3 Å². The van der Waals surface area contributed by atoms with Gasteiger partial charge in [0.15, 0.2) is 11.5 Å². The second-order valence-corrected chi connectivity index (χ2v) is 9.48. The maximum absolute atomic E-state index is 13.4. The summed E-state index contributed by atoms with van der Waals surface area (Å²) in [6.45, 7) is 4.11. The van der Waals surface area contributed by atoms with Crippen LogP contribution in [0.3, 0.4) is 0 Å². The normalized spacial score (nSPS) is 17.5. The first-order valence-electron chi connectivity index (χ1n) is 12.7. The van der Waals surface area contributed by atoms with Crippen molar-refractivity contribution < 1.29 is 28.5 Å². The van der Waals surface area contributed by atoms with Crippen LogP contribution in [0.2, 0.25) is 0 Å². The van der Waals surface area contributed by atoms with Gasteiger partial charge in [0.25, 0.3) is 5.91 Å². The van der Waals surface area contributed by atoms with E-state index in [1.54, 1.807) is 46.6 Å². The zero-order valence-corrected chi connectivity index (χ0v) is 22.2. The first kappa shape index (κ1) is 26.6. The quantitative estimate of drug-likeness (QED) is 0.554. The molecule has 0 aromatic heterocycles. The number of fused-ring (bicyclic) bond motifs is 1. The number of likely N-dealkylation sites (tertiary alicyclic amines) is 1. The molecule has 0 aliphatic carbocycles. The van der Waals surface area contributed by atoms with Gasteiger partial charge in [0.05, 0.1) is 34.4 Å². The Hall–Kier alpha value is -3.46. The number of ether oxygens (including phenoxy) is 4. The van der Waals surface area contributed by atoms with Crippen molar-refractivity contribution in [2.24, 2.45) is 5.92 Å². The standard InChI is InChI=1S/C28H37N3O6/c1-34-23-12-21(13-24(16-23)35-2)27(32)29-8-11-30-9-5-6-20(17-30)28(33)31-10-7-19-14-25(36-3)26(37-4)15-22(19)18-31/h12-16,20H,5-11,17-18H2,1-4H3,(H,29,32). The van der Waals surface area contributed by atoms with E-state index in [1.165, 1.54) is 5.56 Å². The number of hydrogen-bond donors (Lipinski definition) is 1. The largest absolute Gasteiger partial charge is 0.497 e. The predicted octanol–water partition coefficient (Wildman–Crippen LogP) is 2.75. The van der Waals surface area contributed by atoms with Crippen LogP contribution in [0.4, 0.5) is 0 Å². The molecule has 0 saturated carbocycles. The summed E-state index contributed by atoms with van der Waals surface area (Å²) >= 11 is 0. The van der Waals surface area contributed by atoms with Gasteiger partial charge in [-0.1, -0.05) is 0 Å². The van der Waals surface area contributed by atoms with Gasteiger partial charge in [0.1, 0.15) is 11.5 Å². The molecule has 1 unspecified atom stereocenters. The number of carbonyl (C=O) groups excluding carboxylic acids is 2. The summed E-state index contributed by atoms with van der Waals surface area (Å²) in [7, 11) is 6.38. The average molecular weight is 512 g/mol. The van der Waals surface area contributed by atoms with E-state index < -0.39 is 0 Å². The van der Waals surface area contributed by atoms with Crippen molar-refractivity contribution in [1.82, 2.24) is 15.1 Å². The van der Waals surface area contributed by atoms with Crippen LogP contribution in [0.15, 0.2) is 30.3 Å². The van der Waals surface area contributed by atoms with Gasteiger partial charge in [-0.3, -0.25) is 9.59 Å². The third-order valence-electron chi connectivity index (χ3n) is 7.21. The Morgan fingerprint density at radius 2 is 1.57 bits per heavy atom. The summed E-state index contributed by atoms with van der Waals surface area (Å²) in [4.78, 5) is 30.3. The number of nitrogens with one attached hydrogen (secondary N) is 1. The minimum atomic E-state index is -0.180. The van der Waals surface area contributed by atoms with Crippen molar-refractivity contribution >= 4 is 11.8 Å². The van der Waals surface area contributed by atoms with Gasteiger partial charge in [-0.05, 0) is 61.2 Å². The van der Waals surface area contributed by atoms with E-state index in [1.807, 2.05) is 17.0 Å². The molecule has 2 aromatic carbocycles. The summed E-state index contributed by atoms with van der Waals surface area (Å²) in [6.07, 6.45) is 2.66. The molecule has 2 aliphatic rings. The zero-order valence-electron chi connectivity index (χ0n) is 22.2. The molecular weight excluding hydrogens is 474 g/mol. The highest BCUT2D eigenvalue weighted by atomic mass is 16.5. The maximum Gasteiger partial charge on any atom is 0.251 e. The molecule has 2 aliphatic heterocycles. The monoisotopic (exact) mass is 511 g/mol. The second-order valence-electron chi connectivity index (χ2n) is 9.48. The molecule has 4 rings (SSSR count). The first-order valence-corrected chi connectivity index (χ1v) is 12.7. The van der Waals surface area contributed by atoms with E-state index in [-0.39, 0.29) is 17.7 Å². The van der Waals surface area contributed by atoms with E-state index in [0.717, 1.165) is 37.1 Å². The Balaban J connectivity index is 1.30. The third kappa shape index (κ3) is 6.28. The van der Waals surface area contributed by atoms with Crippen LogP contribution in [0.25, 0.3) is 0 Å². The Morgan fingerprint density at radius 3 is 2.22 bits per heavy atom. The molecule has 9 heteroatoms. The second kappa shape index (κ2) is 12.2. The summed E-state index contributed by atoms with van der Waals surface area (Å²) < 4.78 is 21.4. The number of rotatable bonds is 9. The molecule has 1 N–H and O–H groups in total. The fourth-order valence-electron chi connectivity index (χ4n) is 5.16. The van der Waals surface area contributed by atoms with Crippen molar-refractivity contribution in [2.45, 2.75) is 25.8 Å². The number of nitrogens with zero attached hydrogens (tertiary/aromatic N) is 2. The number of methoxy groups -OCH3 is 4. The lowest BCUT2D eigenvalue weighted by Gasteiger charge is -2.37. The van der Waals surface area contributed by atoms with Gasteiger partial charge >= 0.3 is 0 Å². The van der Waals surface area contributed by atoms with Gasteiger partial charge in [0.2, 0.25) is 5.91 Å². The molecule has 0 radical (unpaired) electrons. The van der Waals surface area contributed by atoms with Crippen molar-refractivity contribution in [1.29, 1.82) is 0 Å². The molecule has 1 fully saturated rings. The molecule has 1 atom stereocenters. The highest BCUT2D eigenvalue weighted by Crippen LogP contribution is 2.34. The summed E-state index contributed by atoms with van der Waals surface area (Å²) in [5, 5.41) is 2.98. The minimum absolute atomic E-state index is 0.0335. The highest BCUT2D eigenvalue weighted by Gasteiger charge is 2.31. The lowest BCUT2D eigenvalue weighted by atomic mass is 9.93. The number of amides is 2. The maximum atomic E-state index is 13.4. The van der Waals surface area contributed by atoms with Crippen LogP contribution in [0.5, 0.6) is 23.0 Å². The molecule has 1 saturated heterocycles. The molecule has 2 aromatic rings. The van der Waals surface area contributed by atoms with E-state index in [0.29, 0.717) is 55.5 Å². The van der Waals surface area contributed by atoms with Gasteiger partial charge < -0.3 is 34.1 Å². The number of benzene rings is 2. The van der Waals surface area contributed by atoms with Gasteiger partial charge in [-0.15, -0.1) is 0 Å². The third-order valence-corrected chi connectivity index (χ3v) is 7.21. The molecule has 200 valence electrons. The van der Waals surface area contributed by atoms with Crippen LogP contribution in [0, 0.1) is 5.92 Å². The van der Waals surface area contributed by atoms with Gasteiger partial charge in [-0.25, -0.2) is 0 Å². The molecule has 0 bridgehead atoms. The highest BCUT2D eigenvalue weighted by molar-refractivity contribution is 5.95. The van der Waals surface area contributed by atoms with Crippen LogP contribution in [-0.2, 0) is 17.8 Å². The summed E-state index contributed by atoms with van der Waals surface area (Å²) in [5.41, 5.74) is 2.81. The van der Waals surface area contributed by atoms with E-state index in [9.17, 15) is 9.59 Å². The van der Waals surface area contributed by atoms with Crippen LogP contribution >= 0.6 is 0 Å².